The molecule has 4 nitrogen and oxygen atoms in total. The highest BCUT2D eigenvalue weighted by atomic mass is 16.5. The largest absolute Gasteiger partial charge is 0.390 e. The van der Waals surface area contributed by atoms with Gasteiger partial charge in [-0.2, -0.15) is 0 Å². The van der Waals surface area contributed by atoms with Crippen molar-refractivity contribution < 1.29 is 9.84 Å². The molecule has 1 N–H and O–H groups in total. The minimum Gasteiger partial charge on any atom is -0.390 e. The summed E-state index contributed by atoms with van der Waals surface area (Å²) in [4.78, 5) is 8.68. The summed E-state index contributed by atoms with van der Waals surface area (Å²) in [7, 11) is 1.72. The first-order chi connectivity index (χ1) is 7.80. The number of hydrogen-bond donors (Lipinski definition) is 1. The number of aliphatic hydroxyl groups excluding tert-OH is 1. The molecule has 0 saturated heterocycles. The number of nitrogens with zero attached hydrogens (tertiary/aromatic N) is 2. The molecular formula is C12H18N2O2. The van der Waals surface area contributed by atoms with Crippen LogP contribution < -0.4 is 0 Å². The van der Waals surface area contributed by atoms with Crippen LogP contribution in [0.1, 0.15) is 43.6 Å². The van der Waals surface area contributed by atoms with Crippen LogP contribution in [0.4, 0.5) is 0 Å². The summed E-state index contributed by atoms with van der Waals surface area (Å²) in [5.74, 6) is 0.723. The van der Waals surface area contributed by atoms with E-state index in [1.165, 1.54) is 6.42 Å². The molecule has 0 radical (unpaired) electrons. The Morgan fingerprint density at radius 3 is 2.75 bits per heavy atom. The second-order valence-electron chi connectivity index (χ2n) is 4.29. The zero-order valence-electron chi connectivity index (χ0n) is 9.65. The van der Waals surface area contributed by atoms with Crippen LogP contribution in [0.3, 0.4) is 0 Å². The van der Waals surface area contributed by atoms with Gasteiger partial charge in [-0.1, -0.05) is 19.3 Å². The number of hydrogen-bond acceptors (Lipinski definition) is 4. The number of methoxy groups -OCH3 is 1. The topological polar surface area (TPSA) is 55.2 Å². The number of rotatable bonds is 3. The van der Waals surface area contributed by atoms with Crippen molar-refractivity contribution in [3.05, 3.63) is 23.8 Å². The molecule has 1 aromatic heterocycles. The first-order valence-corrected chi connectivity index (χ1v) is 5.79. The lowest BCUT2D eigenvalue weighted by molar-refractivity contribution is -0.0517. The normalized spacial score (nSPS) is 19.6. The Hall–Kier alpha value is -1.00. The van der Waals surface area contributed by atoms with Crippen LogP contribution >= 0.6 is 0 Å². The van der Waals surface area contributed by atoms with E-state index < -0.39 is 0 Å². The number of ether oxygens (including phenoxy) is 1. The monoisotopic (exact) mass is 222 g/mol. The third-order valence-corrected chi connectivity index (χ3v) is 3.33. The summed E-state index contributed by atoms with van der Waals surface area (Å²) in [5, 5.41) is 9.09. The van der Waals surface area contributed by atoms with Crippen LogP contribution in [0, 0.1) is 0 Å². The molecule has 0 unspecified atom stereocenters. The maximum Gasteiger partial charge on any atom is 0.160 e. The van der Waals surface area contributed by atoms with Gasteiger partial charge in [0.15, 0.2) is 5.82 Å². The molecule has 0 aromatic carbocycles. The van der Waals surface area contributed by atoms with Gasteiger partial charge in [0.1, 0.15) is 5.60 Å². The van der Waals surface area contributed by atoms with E-state index in [1.807, 2.05) is 0 Å². The van der Waals surface area contributed by atoms with Gasteiger partial charge in [0, 0.05) is 13.3 Å². The van der Waals surface area contributed by atoms with Crippen molar-refractivity contribution >= 4 is 0 Å². The molecule has 0 bridgehead atoms. The third kappa shape index (κ3) is 2.08. The molecule has 1 aliphatic rings. The van der Waals surface area contributed by atoms with Crippen LogP contribution in [0.5, 0.6) is 0 Å². The zero-order chi connectivity index (χ0) is 11.4. The fraction of sp³-hybridized carbons (Fsp3) is 0.667. The lowest BCUT2D eigenvalue weighted by Crippen LogP contribution is -2.33. The van der Waals surface area contributed by atoms with Gasteiger partial charge in [-0.25, -0.2) is 9.97 Å². The lowest BCUT2D eigenvalue weighted by atomic mass is 9.84. The zero-order valence-corrected chi connectivity index (χ0v) is 9.65. The van der Waals surface area contributed by atoms with Gasteiger partial charge in [-0.3, -0.25) is 0 Å². The lowest BCUT2D eigenvalue weighted by Gasteiger charge is -2.34. The Kier molecular flexibility index (Phi) is 3.51. The average molecular weight is 222 g/mol. The van der Waals surface area contributed by atoms with Gasteiger partial charge < -0.3 is 9.84 Å². The molecule has 16 heavy (non-hydrogen) atoms. The maximum atomic E-state index is 9.09. The molecule has 4 heteroatoms. The molecule has 0 atom stereocenters. The van der Waals surface area contributed by atoms with Gasteiger partial charge in [0.25, 0.3) is 0 Å². The summed E-state index contributed by atoms with van der Waals surface area (Å²) in [6, 6.07) is 1.73. The molecule has 0 aliphatic heterocycles. The van der Waals surface area contributed by atoms with Crippen molar-refractivity contribution in [2.24, 2.45) is 0 Å². The predicted molar refractivity (Wildman–Crippen MR) is 59.7 cm³/mol. The summed E-state index contributed by atoms with van der Waals surface area (Å²) in [5.41, 5.74) is 0.329. The molecule has 1 aromatic rings. The molecular weight excluding hydrogens is 204 g/mol. The predicted octanol–water partition coefficient (Wildman–Crippen LogP) is 1.77. The van der Waals surface area contributed by atoms with Gasteiger partial charge in [-0.05, 0) is 18.9 Å². The van der Waals surface area contributed by atoms with Crippen molar-refractivity contribution in [2.75, 3.05) is 7.11 Å². The summed E-state index contributed by atoms with van der Waals surface area (Å²) < 4.78 is 5.66. The standard InChI is InChI=1S/C12H18N2O2/c1-16-12(6-3-2-4-7-12)11-13-8-5-10(9-15)14-11/h5,8,15H,2-4,6-7,9H2,1H3. The molecule has 2 rings (SSSR count). The highest BCUT2D eigenvalue weighted by Gasteiger charge is 2.36. The van der Waals surface area contributed by atoms with E-state index in [0.717, 1.165) is 31.5 Å². The van der Waals surface area contributed by atoms with Gasteiger partial charge in [-0.15, -0.1) is 0 Å². The van der Waals surface area contributed by atoms with Crippen LogP contribution in [0.25, 0.3) is 0 Å². The fourth-order valence-electron chi connectivity index (χ4n) is 2.35. The first-order valence-electron chi connectivity index (χ1n) is 5.79. The maximum absolute atomic E-state index is 9.09. The Balaban J connectivity index is 2.31. The first kappa shape index (κ1) is 11.5. The second kappa shape index (κ2) is 4.89. The summed E-state index contributed by atoms with van der Waals surface area (Å²) in [6.45, 7) is -0.0463. The van der Waals surface area contributed by atoms with Gasteiger partial charge in [0.05, 0.1) is 12.3 Å². The van der Waals surface area contributed by atoms with E-state index >= 15 is 0 Å². The summed E-state index contributed by atoms with van der Waals surface area (Å²) >= 11 is 0. The van der Waals surface area contributed by atoms with E-state index in [-0.39, 0.29) is 12.2 Å². The Labute approximate surface area is 95.7 Å². The smallest absolute Gasteiger partial charge is 0.160 e. The van der Waals surface area contributed by atoms with E-state index in [4.69, 9.17) is 9.84 Å². The molecule has 88 valence electrons. The summed E-state index contributed by atoms with van der Waals surface area (Å²) in [6.07, 6.45) is 7.20. The van der Waals surface area contributed by atoms with Crippen molar-refractivity contribution in [1.82, 2.24) is 9.97 Å². The van der Waals surface area contributed by atoms with Crippen molar-refractivity contribution in [2.45, 2.75) is 44.3 Å². The highest BCUT2D eigenvalue weighted by molar-refractivity contribution is 5.09. The second-order valence-corrected chi connectivity index (χ2v) is 4.29. The minimum absolute atomic E-state index is 0.0463. The Bertz CT molecular complexity index is 349. The van der Waals surface area contributed by atoms with Crippen LogP contribution in [-0.4, -0.2) is 22.2 Å². The van der Waals surface area contributed by atoms with Crippen LogP contribution in [0.2, 0.25) is 0 Å². The Morgan fingerprint density at radius 2 is 2.12 bits per heavy atom. The van der Waals surface area contributed by atoms with E-state index in [9.17, 15) is 0 Å². The molecule has 0 amide bonds. The highest BCUT2D eigenvalue weighted by Crippen LogP contribution is 2.38. The fourth-order valence-corrected chi connectivity index (χ4v) is 2.35. The molecule has 0 spiro atoms. The quantitative estimate of drug-likeness (QED) is 0.847. The van der Waals surface area contributed by atoms with Gasteiger partial charge in [0.2, 0.25) is 0 Å². The average Bonchev–Trinajstić information content (AvgIpc) is 2.39. The third-order valence-electron chi connectivity index (χ3n) is 3.33. The number of aliphatic hydroxyl groups is 1. The molecule has 1 heterocycles. The van der Waals surface area contributed by atoms with Crippen molar-refractivity contribution in [1.29, 1.82) is 0 Å². The van der Waals surface area contributed by atoms with E-state index in [2.05, 4.69) is 9.97 Å². The van der Waals surface area contributed by atoms with Crippen molar-refractivity contribution in [3.63, 3.8) is 0 Å². The van der Waals surface area contributed by atoms with E-state index in [0.29, 0.717) is 5.69 Å². The molecule has 1 saturated carbocycles. The van der Waals surface area contributed by atoms with Crippen LogP contribution in [-0.2, 0) is 16.9 Å². The Morgan fingerprint density at radius 1 is 1.38 bits per heavy atom. The SMILES string of the molecule is COC1(c2nccc(CO)n2)CCCCC1. The van der Waals surface area contributed by atoms with Gasteiger partial charge >= 0.3 is 0 Å². The molecule has 1 fully saturated rings. The number of aromatic nitrogens is 2. The molecule has 1 aliphatic carbocycles. The van der Waals surface area contributed by atoms with Crippen molar-refractivity contribution in [3.8, 4) is 0 Å². The van der Waals surface area contributed by atoms with E-state index in [1.54, 1.807) is 19.4 Å². The van der Waals surface area contributed by atoms with Crippen LogP contribution in [0.15, 0.2) is 12.3 Å². The minimum atomic E-state index is -0.330.